The summed E-state index contributed by atoms with van der Waals surface area (Å²) in [6.07, 6.45) is 1.02. The number of aromatic carboxylic acids is 1. The number of rotatable bonds is 3. The number of cyclic esters (lactones) is 1. The molecule has 88 valence electrons. The van der Waals surface area contributed by atoms with Gasteiger partial charge in [-0.25, -0.2) is 9.59 Å². The van der Waals surface area contributed by atoms with Crippen molar-refractivity contribution in [1.29, 1.82) is 0 Å². The molecule has 1 aromatic carbocycles. The fourth-order valence-electron chi connectivity index (χ4n) is 1.34. The van der Waals surface area contributed by atoms with Gasteiger partial charge in [-0.05, 0) is 17.7 Å². The highest BCUT2D eigenvalue weighted by atomic mass is 16.6. The van der Waals surface area contributed by atoms with Crippen LogP contribution in [0.15, 0.2) is 29.4 Å². The lowest BCUT2D eigenvalue weighted by Crippen LogP contribution is -2.17. The van der Waals surface area contributed by atoms with Gasteiger partial charge in [0.25, 0.3) is 0 Å². The molecule has 17 heavy (non-hydrogen) atoms. The lowest BCUT2D eigenvalue weighted by molar-refractivity contribution is 0.0697. The fourth-order valence-corrected chi connectivity index (χ4v) is 1.34. The molecule has 0 spiro atoms. The van der Waals surface area contributed by atoms with E-state index in [1.807, 2.05) is 0 Å². The second kappa shape index (κ2) is 4.65. The number of carbonyl (C=O) groups excluding carboxylic acids is 1. The number of nitrogens with zero attached hydrogens (tertiary/aromatic N) is 2. The Bertz CT molecular complexity index is 467. The van der Waals surface area contributed by atoms with Crippen molar-refractivity contribution < 1.29 is 19.4 Å². The van der Waals surface area contributed by atoms with Crippen molar-refractivity contribution in [2.75, 3.05) is 13.2 Å². The molecule has 1 saturated heterocycles. The highest BCUT2D eigenvalue weighted by molar-refractivity contribution is 5.89. The lowest BCUT2D eigenvalue weighted by atomic mass is 10.1. The molecule has 1 N–H and O–H groups in total. The van der Waals surface area contributed by atoms with Crippen LogP contribution in [0.1, 0.15) is 15.9 Å². The Morgan fingerprint density at radius 1 is 1.41 bits per heavy atom. The predicted octanol–water partition coefficient (Wildman–Crippen LogP) is 1.17. The van der Waals surface area contributed by atoms with E-state index in [0.29, 0.717) is 13.2 Å². The van der Waals surface area contributed by atoms with Crippen molar-refractivity contribution >= 4 is 18.3 Å². The van der Waals surface area contributed by atoms with Gasteiger partial charge in [0.2, 0.25) is 0 Å². The van der Waals surface area contributed by atoms with Crippen LogP contribution in [0, 0.1) is 0 Å². The number of amides is 1. The van der Waals surface area contributed by atoms with Crippen molar-refractivity contribution in [3.63, 3.8) is 0 Å². The smallest absolute Gasteiger partial charge is 0.430 e. The summed E-state index contributed by atoms with van der Waals surface area (Å²) in [7, 11) is 0. The Morgan fingerprint density at radius 3 is 2.65 bits per heavy atom. The second-order valence-electron chi connectivity index (χ2n) is 3.41. The fraction of sp³-hybridized carbons (Fsp3) is 0.182. The average molecular weight is 234 g/mol. The van der Waals surface area contributed by atoms with Gasteiger partial charge < -0.3 is 9.84 Å². The van der Waals surface area contributed by atoms with E-state index in [2.05, 4.69) is 5.10 Å². The van der Waals surface area contributed by atoms with Gasteiger partial charge in [0.15, 0.2) is 0 Å². The maximum Gasteiger partial charge on any atom is 0.430 e. The van der Waals surface area contributed by atoms with Crippen LogP contribution in [0.4, 0.5) is 4.79 Å². The number of hydrogen-bond acceptors (Lipinski definition) is 4. The van der Waals surface area contributed by atoms with E-state index >= 15 is 0 Å². The summed E-state index contributed by atoms with van der Waals surface area (Å²) in [5, 5.41) is 13.9. The molecule has 1 heterocycles. The third-order valence-corrected chi connectivity index (χ3v) is 2.24. The number of carboxylic acid groups (broad SMARTS) is 1. The quantitative estimate of drug-likeness (QED) is 0.796. The zero-order valence-corrected chi connectivity index (χ0v) is 8.87. The summed E-state index contributed by atoms with van der Waals surface area (Å²) >= 11 is 0. The Morgan fingerprint density at radius 2 is 2.12 bits per heavy atom. The largest absolute Gasteiger partial charge is 0.478 e. The van der Waals surface area contributed by atoms with Crippen LogP contribution < -0.4 is 0 Å². The standard InChI is InChI=1S/C11H10N2O4/c14-10(15)9-3-1-8(2-4-9)7-12-13-5-6-17-11(13)16/h1-4,7H,5-6H2,(H,14,15). The van der Waals surface area contributed by atoms with Gasteiger partial charge in [-0.1, -0.05) is 12.1 Å². The first kappa shape index (κ1) is 11.1. The highest BCUT2D eigenvalue weighted by Gasteiger charge is 2.20. The van der Waals surface area contributed by atoms with Crippen molar-refractivity contribution in [3.8, 4) is 0 Å². The first-order valence-electron chi connectivity index (χ1n) is 4.98. The summed E-state index contributed by atoms with van der Waals surface area (Å²) in [5.74, 6) is -0.975. The van der Waals surface area contributed by atoms with Crippen LogP contribution in [0.3, 0.4) is 0 Å². The van der Waals surface area contributed by atoms with E-state index in [1.54, 1.807) is 12.1 Å². The molecule has 0 atom stereocenters. The second-order valence-corrected chi connectivity index (χ2v) is 3.41. The summed E-state index contributed by atoms with van der Waals surface area (Å²) in [6.45, 7) is 0.774. The molecule has 6 heteroatoms. The van der Waals surface area contributed by atoms with Crippen LogP contribution in [0.5, 0.6) is 0 Å². The Labute approximate surface area is 97.1 Å². The number of hydrazone groups is 1. The van der Waals surface area contributed by atoms with Gasteiger partial charge in [-0.3, -0.25) is 0 Å². The Hall–Kier alpha value is -2.37. The number of carboxylic acids is 1. The van der Waals surface area contributed by atoms with Crippen molar-refractivity contribution in [1.82, 2.24) is 5.01 Å². The van der Waals surface area contributed by atoms with E-state index in [1.165, 1.54) is 23.4 Å². The molecule has 0 radical (unpaired) electrons. The number of hydrogen-bond donors (Lipinski definition) is 1. The summed E-state index contributed by atoms with van der Waals surface area (Å²) < 4.78 is 4.70. The molecule has 1 amide bonds. The number of benzene rings is 1. The first-order valence-corrected chi connectivity index (χ1v) is 4.98. The third-order valence-electron chi connectivity index (χ3n) is 2.24. The van der Waals surface area contributed by atoms with E-state index in [-0.39, 0.29) is 5.56 Å². The molecule has 0 aliphatic carbocycles. The van der Waals surface area contributed by atoms with E-state index < -0.39 is 12.1 Å². The molecular weight excluding hydrogens is 224 g/mol. The molecule has 1 aromatic rings. The summed E-state index contributed by atoms with van der Waals surface area (Å²) in [6, 6.07) is 6.20. The predicted molar refractivity (Wildman–Crippen MR) is 59.0 cm³/mol. The van der Waals surface area contributed by atoms with Gasteiger partial charge in [-0.2, -0.15) is 10.1 Å². The zero-order chi connectivity index (χ0) is 12.3. The van der Waals surface area contributed by atoms with Gasteiger partial charge >= 0.3 is 12.1 Å². The van der Waals surface area contributed by atoms with Gasteiger partial charge in [0.1, 0.15) is 6.61 Å². The van der Waals surface area contributed by atoms with Crippen LogP contribution >= 0.6 is 0 Å². The molecule has 6 nitrogen and oxygen atoms in total. The molecule has 0 aromatic heterocycles. The van der Waals surface area contributed by atoms with Crippen molar-refractivity contribution in [2.24, 2.45) is 5.10 Å². The molecule has 2 rings (SSSR count). The Kier molecular flexibility index (Phi) is 3.04. The molecule has 0 saturated carbocycles. The molecular formula is C11H10N2O4. The van der Waals surface area contributed by atoms with Gasteiger partial charge in [-0.15, -0.1) is 0 Å². The van der Waals surface area contributed by atoms with Crippen molar-refractivity contribution in [2.45, 2.75) is 0 Å². The van der Waals surface area contributed by atoms with Crippen molar-refractivity contribution in [3.05, 3.63) is 35.4 Å². The highest BCUT2D eigenvalue weighted by Crippen LogP contribution is 2.05. The first-order chi connectivity index (χ1) is 8.16. The maximum absolute atomic E-state index is 11.1. The number of ether oxygens (including phenoxy) is 1. The lowest BCUT2D eigenvalue weighted by Gasteiger charge is -2.03. The molecule has 1 aliphatic heterocycles. The molecule has 0 bridgehead atoms. The average Bonchev–Trinajstić information content (AvgIpc) is 2.73. The minimum absolute atomic E-state index is 0.211. The minimum Gasteiger partial charge on any atom is -0.478 e. The van der Waals surface area contributed by atoms with E-state index in [4.69, 9.17) is 9.84 Å². The zero-order valence-electron chi connectivity index (χ0n) is 8.87. The van der Waals surface area contributed by atoms with Crippen LogP contribution in [0.25, 0.3) is 0 Å². The molecule has 0 unspecified atom stereocenters. The number of carbonyl (C=O) groups is 2. The minimum atomic E-state index is -0.975. The van der Waals surface area contributed by atoms with Crippen LogP contribution in [-0.2, 0) is 4.74 Å². The SMILES string of the molecule is O=C(O)c1ccc(C=NN2CCOC2=O)cc1. The normalized spacial score (nSPS) is 15.3. The summed E-state index contributed by atoms with van der Waals surface area (Å²) in [5.41, 5.74) is 0.928. The van der Waals surface area contributed by atoms with E-state index in [0.717, 1.165) is 5.56 Å². The maximum atomic E-state index is 11.1. The monoisotopic (exact) mass is 234 g/mol. The van der Waals surface area contributed by atoms with Crippen LogP contribution in [-0.4, -0.2) is 41.5 Å². The van der Waals surface area contributed by atoms with Crippen LogP contribution in [0.2, 0.25) is 0 Å². The molecule has 1 aliphatic rings. The summed E-state index contributed by atoms with van der Waals surface area (Å²) in [4.78, 5) is 21.7. The third kappa shape index (κ3) is 2.60. The van der Waals surface area contributed by atoms with E-state index in [9.17, 15) is 9.59 Å². The topological polar surface area (TPSA) is 79.2 Å². The Balaban J connectivity index is 2.06. The van der Waals surface area contributed by atoms with Gasteiger partial charge in [0.05, 0.1) is 18.3 Å². The molecule has 1 fully saturated rings. The van der Waals surface area contributed by atoms with Gasteiger partial charge in [0, 0.05) is 0 Å².